The fourth-order valence-electron chi connectivity index (χ4n) is 7.10. The molecule has 3 heteroatoms. The number of para-hydroxylation sites is 1. The Kier molecular flexibility index (Phi) is 6.42. The minimum absolute atomic E-state index is 0.251. The molecule has 0 radical (unpaired) electrons. The van der Waals surface area contributed by atoms with Crippen LogP contribution < -0.4 is 4.57 Å². The summed E-state index contributed by atoms with van der Waals surface area (Å²) in [4.78, 5) is 0. The van der Waals surface area contributed by atoms with Gasteiger partial charge >= 0.3 is 0 Å². The Bertz CT molecular complexity index is 1920. The van der Waals surface area contributed by atoms with E-state index < -0.39 is 0 Å². The van der Waals surface area contributed by atoms with Gasteiger partial charge in [-0.3, -0.25) is 0 Å². The molecule has 0 bridgehead atoms. The zero-order valence-electron chi connectivity index (χ0n) is 24.4. The predicted molar refractivity (Wildman–Crippen MR) is 168 cm³/mol. The number of halogens is 1. The largest absolute Gasteiger partial charge is 0.454 e. The summed E-state index contributed by atoms with van der Waals surface area (Å²) in [6.07, 6.45) is 6.44. The lowest BCUT2D eigenvalue weighted by Gasteiger charge is -2.22. The number of nitrogens with zero attached hydrogens (tertiary/aromatic N) is 1. The van der Waals surface area contributed by atoms with Gasteiger partial charge in [-0.25, -0.2) is 4.39 Å². The topological polar surface area (TPSA) is 17.0 Å². The molecular formula is C38H37FNO+. The van der Waals surface area contributed by atoms with E-state index in [0.29, 0.717) is 23.0 Å². The lowest BCUT2D eigenvalue weighted by Crippen LogP contribution is -2.33. The molecule has 206 valence electrons. The molecule has 1 aliphatic carbocycles. The van der Waals surface area contributed by atoms with Gasteiger partial charge in [0.15, 0.2) is 0 Å². The molecule has 0 spiro atoms. The normalized spacial score (nSPS) is 14.6. The van der Waals surface area contributed by atoms with E-state index >= 15 is 4.39 Å². The summed E-state index contributed by atoms with van der Waals surface area (Å²) < 4.78 is 24.6. The van der Waals surface area contributed by atoms with E-state index in [9.17, 15) is 0 Å². The number of pyridine rings is 1. The molecular weight excluding hydrogens is 505 g/mol. The first-order chi connectivity index (χ1) is 19.9. The van der Waals surface area contributed by atoms with E-state index in [4.69, 9.17) is 4.42 Å². The van der Waals surface area contributed by atoms with E-state index in [1.165, 1.54) is 54.1 Å². The number of hydrogen-bond acceptors (Lipinski definition) is 1. The van der Waals surface area contributed by atoms with E-state index in [-0.39, 0.29) is 5.82 Å². The number of benzene rings is 4. The first-order valence-electron chi connectivity index (χ1n) is 15.1. The Morgan fingerprint density at radius 1 is 0.780 bits per heavy atom. The zero-order valence-corrected chi connectivity index (χ0v) is 24.4. The Morgan fingerprint density at radius 3 is 2.20 bits per heavy atom. The van der Waals surface area contributed by atoms with Gasteiger partial charge in [-0.2, -0.15) is 4.57 Å². The third kappa shape index (κ3) is 4.25. The molecule has 41 heavy (non-hydrogen) atoms. The molecule has 2 heterocycles. The number of aromatic nitrogens is 1. The summed E-state index contributed by atoms with van der Waals surface area (Å²) in [5, 5.41) is 3.23. The van der Waals surface area contributed by atoms with Crippen LogP contribution in [0.15, 0.2) is 83.3 Å². The maximum absolute atomic E-state index is 15.6. The van der Waals surface area contributed by atoms with Crippen molar-refractivity contribution in [2.24, 2.45) is 7.05 Å². The van der Waals surface area contributed by atoms with Crippen LogP contribution in [0.1, 0.15) is 74.5 Å². The van der Waals surface area contributed by atoms with Crippen LogP contribution in [-0.2, 0) is 7.05 Å². The molecule has 2 aromatic heterocycles. The molecule has 0 N–H and O–H groups in total. The van der Waals surface area contributed by atoms with Crippen LogP contribution in [0.3, 0.4) is 0 Å². The molecule has 7 rings (SSSR count). The van der Waals surface area contributed by atoms with Gasteiger partial charge in [-0.05, 0) is 72.1 Å². The molecule has 1 saturated carbocycles. The van der Waals surface area contributed by atoms with Gasteiger partial charge < -0.3 is 4.42 Å². The number of fused-ring (bicyclic) bond motifs is 4. The number of furan rings is 1. The summed E-state index contributed by atoms with van der Waals surface area (Å²) in [5.74, 6) is 0.736. The van der Waals surface area contributed by atoms with Gasteiger partial charge in [0.25, 0.3) is 0 Å². The molecule has 4 aromatic carbocycles. The maximum Gasteiger partial charge on any atom is 0.217 e. The highest BCUT2D eigenvalue weighted by Crippen LogP contribution is 2.43. The lowest BCUT2D eigenvalue weighted by molar-refractivity contribution is -0.633. The first-order valence-corrected chi connectivity index (χ1v) is 15.1. The second-order valence-corrected chi connectivity index (χ2v) is 12.2. The fourth-order valence-corrected chi connectivity index (χ4v) is 7.10. The van der Waals surface area contributed by atoms with Crippen molar-refractivity contribution >= 4 is 32.8 Å². The predicted octanol–water partition coefficient (Wildman–Crippen LogP) is 10.5. The second kappa shape index (κ2) is 10.1. The third-order valence-electron chi connectivity index (χ3n) is 9.35. The van der Waals surface area contributed by atoms with E-state index in [1.807, 2.05) is 6.07 Å². The molecule has 6 aromatic rings. The SMILES string of the molecule is Cc1ccc2c(oc3c(-c4ccc(C5CCCCC5)cc4)c(F)ccc32)c1-c1cc(C(C)C)c2ccccc2[n+]1C. The third-order valence-corrected chi connectivity index (χ3v) is 9.35. The highest BCUT2D eigenvalue weighted by atomic mass is 19.1. The van der Waals surface area contributed by atoms with Crippen molar-refractivity contribution in [1.82, 2.24) is 0 Å². The monoisotopic (exact) mass is 542 g/mol. The van der Waals surface area contributed by atoms with E-state index in [2.05, 4.69) is 99.1 Å². The van der Waals surface area contributed by atoms with Gasteiger partial charge in [0, 0.05) is 28.3 Å². The van der Waals surface area contributed by atoms with Gasteiger partial charge in [-0.1, -0.05) is 81.6 Å². The summed E-state index contributed by atoms with van der Waals surface area (Å²) >= 11 is 0. The molecule has 1 fully saturated rings. The van der Waals surface area contributed by atoms with Crippen LogP contribution in [0.2, 0.25) is 0 Å². The average molecular weight is 543 g/mol. The molecule has 0 aliphatic heterocycles. The van der Waals surface area contributed by atoms with E-state index in [0.717, 1.165) is 38.7 Å². The van der Waals surface area contributed by atoms with Crippen molar-refractivity contribution in [2.45, 2.75) is 64.7 Å². The number of aryl methyl sites for hydroxylation is 2. The van der Waals surface area contributed by atoms with Crippen LogP contribution in [-0.4, -0.2) is 0 Å². The van der Waals surface area contributed by atoms with Crippen molar-refractivity contribution in [3.05, 3.63) is 101 Å². The molecule has 0 saturated heterocycles. The van der Waals surface area contributed by atoms with E-state index in [1.54, 1.807) is 6.07 Å². The van der Waals surface area contributed by atoms with Crippen LogP contribution in [0, 0.1) is 12.7 Å². The quantitative estimate of drug-likeness (QED) is 0.203. The van der Waals surface area contributed by atoms with Crippen molar-refractivity contribution < 1.29 is 13.4 Å². The van der Waals surface area contributed by atoms with Crippen LogP contribution in [0.5, 0.6) is 0 Å². The van der Waals surface area contributed by atoms with Crippen molar-refractivity contribution in [1.29, 1.82) is 0 Å². The summed E-state index contributed by atoms with van der Waals surface area (Å²) in [5.41, 5.74) is 10.0. The molecule has 2 nitrogen and oxygen atoms in total. The summed E-state index contributed by atoms with van der Waals surface area (Å²) in [6.45, 7) is 6.63. The molecule has 0 amide bonds. The Balaban J connectivity index is 1.45. The van der Waals surface area contributed by atoms with Gasteiger partial charge in [-0.15, -0.1) is 0 Å². The highest BCUT2D eigenvalue weighted by Gasteiger charge is 2.26. The minimum Gasteiger partial charge on any atom is -0.454 e. The highest BCUT2D eigenvalue weighted by molar-refractivity contribution is 6.13. The lowest BCUT2D eigenvalue weighted by atomic mass is 9.83. The standard InChI is InChI=1S/C38H37FNO/c1-23(2)31-22-34(40(4)33-13-9-8-12-28(31)33)35-24(3)14-19-29-30-20-21-32(39)36(38(30)41-37(29)35)27-17-15-26(16-18-27)25-10-6-5-7-11-25/h8-9,12-23,25H,5-7,10-11H2,1-4H3/q+1. The van der Waals surface area contributed by atoms with Gasteiger partial charge in [0.05, 0.1) is 11.1 Å². The molecule has 0 unspecified atom stereocenters. The van der Waals surface area contributed by atoms with Crippen molar-refractivity contribution in [2.75, 3.05) is 0 Å². The van der Waals surface area contributed by atoms with Gasteiger partial charge in [0.1, 0.15) is 24.0 Å². The summed E-state index contributed by atoms with van der Waals surface area (Å²) in [6, 6.07) is 27.2. The van der Waals surface area contributed by atoms with Crippen LogP contribution >= 0.6 is 0 Å². The average Bonchev–Trinajstić information content (AvgIpc) is 3.36. The Labute approximate surface area is 241 Å². The maximum atomic E-state index is 15.6. The van der Waals surface area contributed by atoms with Crippen LogP contribution in [0.4, 0.5) is 4.39 Å². The zero-order chi connectivity index (χ0) is 28.2. The van der Waals surface area contributed by atoms with Gasteiger partial charge in [0.2, 0.25) is 11.2 Å². The number of rotatable bonds is 4. The molecule has 0 atom stereocenters. The molecule has 1 aliphatic rings. The second-order valence-electron chi connectivity index (χ2n) is 12.2. The summed E-state index contributed by atoms with van der Waals surface area (Å²) in [7, 11) is 2.13. The smallest absolute Gasteiger partial charge is 0.217 e. The van der Waals surface area contributed by atoms with Crippen molar-refractivity contribution in [3.8, 4) is 22.4 Å². The fraction of sp³-hybridized carbons (Fsp3) is 0.289. The minimum atomic E-state index is -0.251. The van der Waals surface area contributed by atoms with Crippen molar-refractivity contribution in [3.63, 3.8) is 0 Å². The van der Waals surface area contributed by atoms with Crippen LogP contribution in [0.25, 0.3) is 55.2 Å². The Hall–Kier alpha value is -3.98. The first kappa shape index (κ1) is 26.0. The number of hydrogen-bond donors (Lipinski definition) is 0. The Morgan fingerprint density at radius 2 is 1.46 bits per heavy atom.